The van der Waals surface area contributed by atoms with Gasteiger partial charge in [-0.05, 0) is 25.5 Å². The third kappa shape index (κ3) is 3.79. The van der Waals surface area contributed by atoms with Gasteiger partial charge in [0.15, 0.2) is 0 Å². The normalized spacial score (nSPS) is 15.7. The maximum Gasteiger partial charge on any atom is 0.417 e. The van der Waals surface area contributed by atoms with Gasteiger partial charge >= 0.3 is 6.18 Å². The molecule has 26 heavy (non-hydrogen) atoms. The van der Waals surface area contributed by atoms with Crippen LogP contribution in [0.25, 0.3) is 0 Å². The Labute approximate surface area is 149 Å². The van der Waals surface area contributed by atoms with Crippen molar-refractivity contribution in [3.8, 4) is 0 Å². The van der Waals surface area contributed by atoms with Crippen molar-refractivity contribution >= 4 is 11.7 Å². The molecule has 1 aliphatic heterocycles. The third-order valence-corrected chi connectivity index (χ3v) is 4.40. The lowest BCUT2D eigenvalue weighted by Crippen LogP contribution is -2.36. The zero-order chi connectivity index (χ0) is 18.7. The van der Waals surface area contributed by atoms with Crippen molar-refractivity contribution in [3.05, 3.63) is 53.5 Å². The van der Waals surface area contributed by atoms with Gasteiger partial charge in [0.05, 0.1) is 16.8 Å². The molecule has 0 aliphatic carbocycles. The van der Waals surface area contributed by atoms with E-state index in [1.807, 2.05) is 11.8 Å². The van der Waals surface area contributed by atoms with Crippen LogP contribution in [0.15, 0.2) is 36.7 Å². The van der Waals surface area contributed by atoms with E-state index in [9.17, 15) is 18.0 Å². The van der Waals surface area contributed by atoms with Gasteiger partial charge in [-0.15, -0.1) is 0 Å². The molecule has 0 atom stereocenters. The topological polar surface area (TPSA) is 49.3 Å². The summed E-state index contributed by atoms with van der Waals surface area (Å²) in [6.45, 7) is 3.77. The number of alkyl halides is 3. The minimum Gasteiger partial charge on any atom is -0.353 e. The summed E-state index contributed by atoms with van der Waals surface area (Å²) in [5.74, 6) is 0.160. The molecule has 0 bridgehead atoms. The average Bonchev–Trinajstić information content (AvgIpc) is 2.87. The van der Waals surface area contributed by atoms with Gasteiger partial charge in [-0.25, -0.2) is 4.98 Å². The predicted molar refractivity (Wildman–Crippen MR) is 90.9 cm³/mol. The molecule has 1 aromatic carbocycles. The van der Waals surface area contributed by atoms with Crippen molar-refractivity contribution in [2.75, 3.05) is 31.1 Å². The van der Waals surface area contributed by atoms with E-state index in [1.54, 1.807) is 12.4 Å². The van der Waals surface area contributed by atoms with E-state index in [2.05, 4.69) is 9.97 Å². The van der Waals surface area contributed by atoms with Crippen molar-refractivity contribution < 1.29 is 18.0 Å². The average molecular weight is 364 g/mol. The van der Waals surface area contributed by atoms with Gasteiger partial charge in [0.1, 0.15) is 5.82 Å². The second-order valence-electron chi connectivity index (χ2n) is 6.14. The summed E-state index contributed by atoms with van der Waals surface area (Å²) in [6, 6.07) is 4.93. The van der Waals surface area contributed by atoms with Crippen LogP contribution in [0, 0.1) is 6.92 Å². The van der Waals surface area contributed by atoms with Crippen molar-refractivity contribution in [1.29, 1.82) is 0 Å². The quantitative estimate of drug-likeness (QED) is 0.821. The Morgan fingerprint density at radius 3 is 2.50 bits per heavy atom. The molecule has 0 spiro atoms. The van der Waals surface area contributed by atoms with Crippen molar-refractivity contribution in [3.63, 3.8) is 0 Å². The summed E-state index contributed by atoms with van der Waals surface area (Å²) in [5.41, 5.74) is -0.408. The van der Waals surface area contributed by atoms with Crippen LogP contribution in [0.3, 0.4) is 0 Å². The molecule has 1 aliphatic rings. The highest BCUT2D eigenvalue weighted by Crippen LogP contribution is 2.32. The summed E-state index contributed by atoms with van der Waals surface area (Å²) >= 11 is 0. The number of benzene rings is 1. The Hall–Kier alpha value is -2.64. The maximum absolute atomic E-state index is 13.2. The van der Waals surface area contributed by atoms with E-state index in [4.69, 9.17) is 0 Å². The highest BCUT2D eigenvalue weighted by atomic mass is 19.4. The molecular formula is C18H19F3N4O. The highest BCUT2D eigenvalue weighted by molar-refractivity contribution is 5.96. The highest BCUT2D eigenvalue weighted by Gasteiger charge is 2.36. The molecule has 0 saturated carbocycles. The number of amides is 1. The number of anilines is 1. The molecule has 2 aromatic rings. The first-order valence-corrected chi connectivity index (χ1v) is 8.36. The van der Waals surface area contributed by atoms with Crippen LogP contribution in [0.1, 0.15) is 28.0 Å². The van der Waals surface area contributed by atoms with E-state index in [0.717, 1.165) is 17.6 Å². The number of rotatable bonds is 2. The van der Waals surface area contributed by atoms with E-state index >= 15 is 0 Å². The summed E-state index contributed by atoms with van der Waals surface area (Å²) in [7, 11) is 0. The Kier molecular flexibility index (Phi) is 5.11. The van der Waals surface area contributed by atoms with Crippen LogP contribution in [0.4, 0.5) is 19.0 Å². The predicted octanol–water partition coefficient (Wildman–Crippen LogP) is 3.16. The number of aromatic nitrogens is 2. The summed E-state index contributed by atoms with van der Waals surface area (Å²) in [6.07, 6.45) is -0.687. The largest absolute Gasteiger partial charge is 0.417 e. The van der Waals surface area contributed by atoms with Gasteiger partial charge in [0.2, 0.25) is 0 Å². The van der Waals surface area contributed by atoms with Crippen LogP contribution in [-0.2, 0) is 6.18 Å². The molecule has 1 amide bonds. The van der Waals surface area contributed by atoms with Crippen LogP contribution >= 0.6 is 0 Å². The fourth-order valence-electron chi connectivity index (χ4n) is 3.13. The van der Waals surface area contributed by atoms with Crippen LogP contribution in [0.2, 0.25) is 0 Å². The minimum absolute atomic E-state index is 0.302. The lowest BCUT2D eigenvalue weighted by molar-refractivity contribution is -0.138. The Morgan fingerprint density at radius 2 is 1.77 bits per heavy atom. The zero-order valence-electron chi connectivity index (χ0n) is 14.3. The number of hydrogen-bond donors (Lipinski definition) is 0. The molecule has 1 fully saturated rings. The maximum atomic E-state index is 13.2. The Balaban J connectivity index is 1.78. The summed E-state index contributed by atoms with van der Waals surface area (Å²) < 4.78 is 39.6. The van der Waals surface area contributed by atoms with Gasteiger partial charge < -0.3 is 9.80 Å². The first-order valence-electron chi connectivity index (χ1n) is 8.36. The lowest BCUT2D eigenvalue weighted by Gasteiger charge is -2.24. The second-order valence-corrected chi connectivity index (χ2v) is 6.14. The first-order chi connectivity index (χ1) is 12.4. The smallest absolute Gasteiger partial charge is 0.353 e. The number of carbonyl (C=O) groups is 1. The zero-order valence-corrected chi connectivity index (χ0v) is 14.3. The number of nitrogens with zero attached hydrogens (tertiary/aromatic N) is 4. The van der Waals surface area contributed by atoms with Crippen LogP contribution < -0.4 is 4.90 Å². The van der Waals surface area contributed by atoms with Gasteiger partial charge in [0.25, 0.3) is 5.91 Å². The van der Waals surface area contributed by atoms with E-state index in [1.165, 1.54) is 23.1 Å². The number of hydrogen-bond acceptors (Lipinski definition) is 4. The summed E-state index contributed by atoms with van der Waals surface area (Å²) in [5, 5.41) is 0. The molecule has 1 aromatic heterocycles. The molecule has 3 rings (SSSR count). The number of halogens is 3. The molecule has 5 nitrogen and oxygen atoms in total. The molecule has 1 saturated heterocycles. The van der Waals surface area contributed by atoms with E-state index < -0.39 is 17.6 Å². The SMILES string of the molecule is Cc1nccnc1N1CCCN(C(=O)c2ccccc2C(F)(F)F)CC1. The van der Waals surface area contributed by atoms with Crippen molar-refractivity contribution in [1.82, 2.24) is 14.9 Å². The molecule has 0 unspecified atom stereocenters. The van der Waals surface area contributed by atoms with Gasteiger partial charge in [0, 0.05) is 38.6 Å². The van der Waals surface area contributed by atoms with Crippen molar-refractivity contribution in [2.45, 2.75) is 19.5 Å². The van der Waals surface area contributed by atoms with Gasteiger partial charge in [-0.1, -0.05) is 12.1 Å². The molecule has 0 N–H and O–H groups in total. The van der Waals surface area contributed by atoms with Crippen molar-refractivity contribution in [2.24, 2.45) is 0 Å². The molecule has 0 radical (unpaired) electrons. The van der Waals surface area contributed by atoms with E-state index in [-0.39, 0.29) is 5.56 Å². The van der Waals surface area contributed by atoms with Crippen LogP contribution in [-0.4, -0.2) is 47.0 Å². The fraction of sp³-hybridized carbons (Fsp3) is 0.389. The standard InChI is InChI=1S/C18H19F3N4O/c1-13-16(23-8-7-22-13)24-9-4-10-25(12-11-24)17(26)14-5-2-3-6-15(14)18(19,20)21/h2-3,5-8H,4,9-12H2,1H3. The molecule has 138 valence electrons. The molecular weight excluding hydrogens is 345 g/mol. The van der Waals surface area contributed by atoms with Gasteiger partial charge in [-0.3, -0.25) is 9.78 Å². The second kappa shape index (κ2) is 7.31. The van der Waals surface area contributed by atoms with E-state index in [0.29, 0.717) is 32.6 Å². The first kappa shape index (κ1) is 18.2. The third-order valence-electron chi connectivity index (χ3n) is 4.40. The lowest BCUT2D eigenvalue weighted by atomic mass is 10.1. The monoisotopic (exact) mass is 364 g/mol. The number of aryl methyl sites for hydroxylation is 1. The van der Waals surface area contributed by atoms with Gasteiger partial charge in [-0.2, -0.15) is 13.2 Å². The number of carbonyl (C=O) groups excluding carboxylic acids is 1. The summed E-state index contributed by atoms with van der Waals surface area (Å²) in [4.78, 5) is 24.8. The Bertz CT molecular complexity index is 794. The molecule has 2 heterocycles. The Morgan fingerprint density at radius 1 is 1.04 bits per heavy atom. The fourth-order valence-corrected chi connectivity index (χ4v) is 3.13. The van der Waals surface area contributed by atoms with Crippen LogP contribution in [0.5, 0.6) is 0 Å². The minimum atomic E-state index is -4.55. The molecule has 8 heteroatoms.